The van der Waals surface area contributed by atoms with Crippen LogP contribution in [-0.4, -0.2) is 78.9 Å². The molecule has 1 aromatic rings. The third kappa shape index (κ3) is 5.07. The maximum atomic E-state index is 12.4. The molecule has 0 radical (unpaired) electrons. The van der Waals surface area contributed by atoms with E-state index < -0.39 is 15.6 Å². The van der Waals surface area contributed by atoms with Gasteiger partial charge in [-0.1, -0.05) is 0 Å². The molecule has 1 fully saturated rings. The average Bonchev–Trinajstić information content (AvgIpc) is 3.06. The van der Waals surface area contributed by atoms with E-state index in [9.17, 15) is 18.0 Å². The molecule has 0 unspecified atom stereocenters. The monoisotopic (exact) mass is 385 g/mol. The van der Waals surface area contributed by atoms with Gasteiger partial charge in [-0.15, -0.1) is 0 Å². The highest BCUT2D eigenvalue weighted by molar-refractivity contribution is 7.88. The number of sulfonamides is 1. The first kappa shape index (κ1) is 20.4. The van der Waals surface area contributed by atoms with E-state index in [1.54, 1.807) is 42.7 Å². The Balaban J connectivity index is 1.87. The lowest BCUT2D eigenvalue weighted by Crippen LogP contribution is -2.52. The van der Waals surface area contributed by atoms with Crippen LogP contribution in [0.1, 0.15) is 37.7 Å². The summed E-state index contributed by atoms with van der Waals surface area (Å²) >= 11 is 0. The van der Waals surface area contributed by atoms with Crippen LogP contribution in [0.4, 0.5) is 0 Å². The van der Waals surface area contributed by atoms with Crippen LogP contribution in [0.15, 0.2) is 22.8 Å². The molecule has 0 spiro atoms. The Hall–Kier alpha value is -1.87. The molecule has 1 aliphatic heterocycles. The predicted molar refractivity (Wildman–Crippen MR) is 97.1 cm³/mol. The highest BCUT2D eigenvalue weighted by atomic mass is 32.2. The molecular formula is C17H27N3O5S. The Labute approximate surface area is 154 Å². The van der Waals surface area contributed by atoms with E-state index >= 15 is 0 Å². The number of nitrogens with zero attached hydrogens (tertiary/aromatic N) is 3. The van der Waals surface area contributed by atoms with Gasteiger partial charge in [-0.3, -0.25) is 9.59 Å². The van der Waals surface area contributed by atoms with Crippen molar-refractivity contribution in [3.63, 3.8) is 0 Å². The first-order valence-corrected chi connectivity index (χ1v) is 10.4. The summed E-state index contributed by atoms with van der Waals surface area (Å²) in [6.07, 6.45) is 2.73. The van der Waals surface area contributed by atoms with Gasteiger partial charge in [-0.2, -0.15) is 4.31 Å². The van der Waals surface area contributed by atoms with Gasteiger partial charge in [0.15, 0.2) is 5.76 Å². The maximum Gasteiger partial charge on any atom is 0.289 e. The molecule has 1 saturated heterocycles. The number of carbonyl (C=O) groups is 2. The SMILES string of the molecule is CC(C)(C)N(CCC(=O)N1CCN(C(=O)c2ccco2)CC1)S(C)(=O)=O. The number of hydrogen-bond acceptors (Lipinski definition) is 5. The van der Waals surface area contributed by atoms with Gasteiger partial charge in [-0.25, -0.2) is 8.42 Å². The van der Waals surface area contributed by atoms with Crippen LogP contribution in [0.2, 0.25) is 0 Å². The lowest BCUT2D eigenvalue weighted by Gasteiger charge is -2.36. The normalized spacial score (nSPS) is 16.2. The zero-order chi connectivity index (χ0) is 19.5. The lowest BCUT2D eigenvalue weighted by molar-refractivity contribution is -0.132. The maximum absolute atomic E-state index is 12.4. The number of hydrogen-bond donors (Lipinski definition) is 0. The van der Waals surface area contributed by atoms with Gasteiger partial charge in [0, 0.05) is 44.7 Å². The number of furan rings is 1. The summed E-state index contributed by atoms with van der Waals surface area (Å²) in [5.74, 6) is 0.00447. The quantitative estimate of drug-likeness (QED) is 0.755. The van der Waals surface area contributed by atoms with Crippen LogP contribution in [-0.2, 0) is 14.8 Å². The third-order valence-electron chi connectivity index (χ3n) is 4.33. The third-order valence-corrected chi connectivity index (χ3v) is 5.86. The van der Waals surface area contributed by atoms with Gasteiger partial charge in [0.2, 0.25) is 15.9 Å². The highest BCUT2D eigenvalue weighted by Crippen LogP contribution is 2.18. The fraction of sp³-hybridized carbons (Fsp3) is 0.647. The van der Waals surface area contributed by atoms with Crippen molar-refractivity contribution in [1.82, 2.24) is 14.1 Å². The molecule has 0 N–H and O–H groups in total. The Morgan fingerprint density at radius 3 is 2.19 bits per heavy atom. The zero-order valence-electron chi connectivity index (χ0n) is 15.8. The Kier molecular flexibility index (Phi) is 6.13. The van der Waals surface area contributed by atoms with E-state index in [4.69, 9.17) is 4.42 Å². The van der Waals surface area contributed by atoms with E-state index in [2.05, 4.69) is 0 Å². The van der Waals surface area contributed by atoms with Gasteiger partial charge in [0.05, 0.1) is 12.5 Å². The molecule has 146 valence electrons. The average molecular weight is 385 g/mol. The predicted octanol–water partition coefficient (Wildman–Crippen LogP) is 1.01. The minimum Gasteiger partial charge on any atom is -0.459 e. The molecule has 2 amide bonds. The molecule has 1 aliphatic rings. The summed E-state index contributed by atoms with van der Waals surface area (Å²) in [4.78, 5) is 28.0. The molecule has 26 heavy (non-hydrogen) atoms. The summed E-state index contributed by atoms with van der Waals surface area (Å²) in [7, 11) is -3.39. The fourth-order valence-electron chi connectivity index (χ4n) is 3.07. The molecule has 1 aromatic heterocycles. The first-order chi connectivity index (χ1) is 12.0. The van der Waals surface area contributed by atoms with Crippen molar-refractivity contribution in [1.29, 1.82) is 0 Å². The second-order valence-electron chi connectivity index (χ2n) is 7.41. The van der Waals surface area contributed by atoms with Crippen LogP contribution in [0.25, 0.3) is 0 Å². The summed E-state index contributed by atoms with van der Waals surface area (Å²) < 4.78 is 30.3. The van der Waals surface area contributed by atoms with E-state index in [0.29, 0.717) is 31.9 Å². The van der Waals surface area contributed by atoms with Gasteiger partial charge in [-0.05, 0) is 32.9 Å². The summed E-state index contributed by atoms with van der Waals surface area (Å²) in [6.45, 7) is 7.28. The molecule has 2 rings (SSSR count). The standard InChI is InChI=1S/C17H27N3O5S/c1-17(2,3)20(26(4,23)24)8-7-15(21)18-9-11-19(12-10-18)16(22)14-6-5-13-25-14/h5-6,13H,7-12H2,1-4H3. The molecule has 0 bridgehead atoms. The Morgan fingerprint density at radius 1 is 1.15 bits per heavy atom. The van der Waals surface area contributed by atoms with Crippen molar-refractivity contribution in [2.45, 2.75) is 32.7 Å². The molecule has 0 atom stereocenters. The summed E-state index contributed by atoms with van der Waals surface area (Å²) in [6, 6.07) is 3.28. The lowest BCUT2D eigenvalue weighted by atomic mass is 10.1. The number of amides is 2. The van der Waals surface area contributed by atoms with Gasteiger partial charge in [0.25, 0.3) is 5.91 Å². The van der Waals surface area contributed by atoms with Crippen LogP contribution in [0.3, 0.4) is 0 Å². The number of piperazine rings is 1. The minimum atomic E-state index is -3.39. The van der Waals surface area contributed by atoms with Crippen molar-refractivity contribution in [3.8, 4) is 0 Å². The molecule has 0 aromatic carbocycles. The van der Waals surface area contributed by atoms with Crippen LogP contribution >= 0.6 is 0 Å². The second kappa shape index (κ2) is 7.79. The van der Waals surface area contributed by atoms with Crippen LogP contribution in [0, 0.1) is 0 Å². The Morgan fingerprint density at radius 2 is 1.73 bits per heavy atom. The smallest absolute Gasteiger partial charge is 0.289 e. The van der Waals surface area contributed by atoms with E-state index in [0.717, 1.165) is 6.26 Å². The minimum absolute atomic E-state index is 0.104. The summed E-state index contributed by atoms with van der Waals surface area (Å²) in [5, 5.41) is 0. The molecule has 0 saturated carbocycles. The van der Waals surface area contributed by atoms with Crippen molar-refractivity contribution in [2.75, 3.05) is 39.0 Å². The van der Waals surface area contributed by atoms with Crippen molar-refractivity contribution >= 4 is 21.8 Å². The van der Waals surface area contributed by atoms with Crippen molar-refractivity contribution in [3.05, 3.63) is 24.2 Å². The van der Waals surface area contributed by atoms with Crippen LogP contribution < -0.4 is 0 Å². The topological polar surface area (TPSA) is 91.1 Å². The highest BCUT2D eigenvalue weighted by Gasteiger charge is 2.31. The second-order valence-corrected chi connectivity index (χ2v) is 9.31. The van der Waals surface area contributed by atoms with Gasteiger partial charge >= 0.3 is 0 Å². The first-order valence-electron chi connectivity index (χ1n) is 8.58. The van der Waals surface area contributed by atoms with Gasteiger partial charge < -0.3 is 14.2 Å². The zero-order valence-corrected chi connectivity index (χ0v) is 16.6. The molecule has 2 heterocycles. The number of carbonyl (C=O) groups excluding carboxylic acids is 2. The van der Waals surface area contributed by atoms with E-state index in [1.807, 2.05) is 0 Å². The molecule has 0 aliphatic carbocycles. The largest absolute Gasteiger partial charge is 0.459 e. The molecular weight excluding hydrogens is 358 g/mol. The number of rotatable bonds is 5. The molecule has 8 nitrogen and oxygen atoms in total. The Bertz CT molecular complexity index is 729. The molecule has 9 heteroatoms. The van der Waals surface area contributed by atoms with E-state index in [1.165, 1.54) is 10.6 Å². The van der Waals surface area contributed by atoms with Gasteiger partial charge in [0.1, 0.15) is 0 Å². The van der Waals surface area contributed by atoms with Crippen LogP contribution in [0.5, 0.6) is 0 Å². The summed E-state index contributed by atoms with van der Waals surface area (Å²) in [5.41, 5.74) is -0.581. The van der Waals surface area contributed by atoms with E-state index in [-0.39, 0.29) is 24.8 Å². The van der Waals surface area contributed by atoms with Crippen molar-refractivity contribution in [2.24, 2.45) is 0 Å². The fourth-order valence-corrected chi connectivity index (χ4v) is 4.49. The van der Waals surface area contributed by atoms with Crippen molar-refractivity contribution < 1.29 is 22.4 Å².